The smallest absolute Gasteiger partial charge is 0.416 e. The Morgan fingerprint density at radius 3 is 2.38 bits per heavy atom. The molecule has 0 unspecified atom stereocenters. The molecule has 0 atom stereocenters. The highest BCUT2D eigenvalue weighted by Gasteiger charge is 2.31. The number of ether oxygens (including phenoxy) is 1. The predicted molar refractivity (Wildman–Crippen MR) is 77.0 cm³/mol. The van der Waals surface area contributed by atoms with E-state index in [4.69, 9.17) is 4.74 Å². The Hall–Kier alpha value is -2.64. The standard InChI is InChI=1S/C16H12F5NO2/c1-2-24-15(23)11-5-3-9(16(19,20)21)7-14(11)22-13-6-4-10(17)8-12(13)18/h3-8,22H,2H2,1H3. The topological polar surface area (TPSA) is 38.3 Å². The van der Waals surface area contributed by atoms with Crippen LogP contribution in [0.2, 0.25) is 0 Å². The molecule has 1 N–H and O–H groups in total. The van der Waals surface area contributed by atoms with Gasteiger partial charge in [0.05, 0.1) is 29.1 Å². The molecule has 0 aromatic heterocycles. The molecule has 0 fully saturated rings. The largest absolute Gasteiger partial charge is 0.462 e. The Kier molecular flexibility index (Phi) is 5.06. The van der Waals surface area contributed by atoms with E-state index >= 15 is 0 Å². The van der Waals surface area contributed by atoms with Crippen molar-refractivity contribution in [1.29, 1.82) is 0 Å². The predicted octanol–water partition coefficient (Wildman–Crippen LogP) is 4.90. The number of halogens is 5. The molecule has 0 spiro atoms. The molecule has 0 saturated heterocycles. The first-order valence-electron chi connectivity index (χ1n) is 6.83. The summed E-state index contributed by atoms with van der Waals surface area (Å²) in [5.74, 6) is -2.72. The summed E-state index contributed by atoms with van der Waals surface area (Å²) in [6, 6.07) is 4.83. The molecule has 0 radical (unpaired) electrons. The molecule has 0 amide bonds. The van der Waals surface area contributed by atoms with Gasteiger partial charge in [-0.1, -0.05) is 0 Å². The van der Waals surface area contributed by atoms with Gasteiger partial charge in [-0.05, 0) is 37.3 Å². The summed E-state index contributed by atoms with van der Waals surface area (Å²) in [6.45, 7) is 1.55. The van der Waals surface area contributed by atoms with Crippen LogP contribution in [0, 0.1) is 11.6 Å². The van der Waals surface area contributed by atoms with Crippen LogP contribution in [0.25, 0.3) is 0 Å². The quantitative estimate of drug-likeness (QED) is 0.632. The van der Waals surface area contributed by atoms with E-state index in [2.05, 4.69) is 5.32 Å². The molecule has 0 aliphatic carbocycles. The van der Waals surface area contributed by atoms with Gasteiger partial charge in [-0.3, -0.25) is 0 Å². The number of hydrogen-bond acceptors (Lipinski definition) is 3. The Morgan fingerprint density at radius 2 is 1.79 bits per heavy atom. The van der Waals surface area contributed by atoms with E-state index in [1.807, 2.05) is 0 Å². The molecule has 0 saturated carbocycles. The zero-order chi connectivity index (χ0) is 17.9. The first kappa shape index (κ1) is 17.7. The monoisotopic (exact) mass is 345 g/mol. The minimum Gasteiger partial charge on any atom is -0.462 e. The van der Waals surface area contributed by atoms with Crippen molar-refractivity contribution in [3.63, 3.8) is 0 Å². The average molecular weight is 345 g/mol. The second-order valence-electron chi connectivity index (χ2n) is 4.73. The molecule has 2 rings (SSSR count). The van der Waals surface area contributed by atoms with Gasteiger partial charge in [0.15, 0.2) is 0 Å². The van der Waals surface area contributed by atoms with Crippen LogP contribution in [-0.4, -0.2) is 12.6 Å². The minimum absolute atomic E-state index is 0.0181. The van der Waals surface area contributed by atoms with Crippen LogP contribution in [0.3, 0.4) is 0 Å². The van der Waals surface area contributed by atoms with Gasteiger partial charge in [-0.25, -0.2) is 13.6 Å². The average Bonchev–Trinajstić information content (AvgIpc) is 2.49. The second kappa shape index (κ2) is 6.86. The molecule has 0 heterocycles. The number of rotatable bonds is 4. The van der Waals surface area contributed by atoms with E-state index in [1.165, 1.54) is 6.92 Å². The fourth-order valence-corrected chi connectivity index (χ4v) is 1.95. The first-order chi connectivity index (χ1) is 11.2. The maximum absolute atomic E-state index is 13.7. The fourth-order valence-electron chi connectivity index (χ4n) is 1.95. The molecule has 0 bridgehead atoms. The van der Waals surface area contributed by atoms with Crippen molar-refractivity contribution in [1.82, 2.24) is 0 Å². The van der Waals surface area contributed by atoms with E-state index in [0.717, 1.165) is 24.3 Å². The van der Waals surface area contributed by atoms with Crippen LogP contribution >= 0.6 is 0 Å². The van der Waals surface area contributed by atoms with Crippen molar-refractivity contribution in [2.45, 2.75) is 13.1 Å². The van der Waals surface area contributed by atoms with Gasteiger partial charge in [0.1, 0.15) is 11.6 Å². The van der Waals surface area contributed by atoms with E-state index in [-0.39, 0.29) is 23.5 Å². The van der Waals surface area contributed by atoms with Crippen molar-refractivity contribution in [3.05, 3.63) is 59.2 Å². The summed E-state index contributed by atoms with van der Waals surface area (Å²) in [4.78, 5) is 11.9. The number of alkyl halides is 3. The molecule has 24 heavy (non-hydrogen) atoms. The summed E-state index contributed by atoms with van der Waals surface area (Å²) in [7, 11) is 0. The highest BCUT2D eigenvalue weighted by Crippen LogP contribution is 2.34. The Morgan fingerprint density at radius 1 is 1.08 bits per heavy atom. The number of carbonyl (C=O) groups is 1. The molecule has 2 aromatic carbocycles. The van der Waals surface area contributed by atoms with Crippen LogP contribution in [0.15, 0.2) is 36.4 Å². The summed E-state index contributed by atoms with van der Waals surface area (Å²) in [5, 5.41) is 2.38. The maximum Gasteiger partial charge on any atom is 0.416 e. The lowest BCUT2D eigenvalue weighted by Gasteiger charge is -2.15. The van der Waals surface area contributed by atoms with Gasteiger partial charge in [0, 0.05) is 6.07 Å². The van der Waals surface area contributed by atoms with Crippen LogP contribution in [0.1, 0.15) is 22.8 Å². The van der Waals surface area contributed by atoms with Gasteiger partial charge in [0.25, 0.3) is 0 Å². The molecule has 0 aliphatic rings. The van der Waals surface area contributed by atoms with Crippen molar-refractivity contribution in [2.75, 3.05) is 11.9 Å². The third-order valence-corrected chi connectivity index (χ3v) is 3.04. The van der Waals surface area contributed by atoms with E-state index in [0.29, 0.717) is 12.1 Å². The fraction of sp³-hybridized carbons (Fsp3) is 0.188. The Labute approximate surface area is 134 Å². The van der Waals surface area contributed by atoms with Gasteiger partial charge < -0.3 is 10.1 Å². The maximum atomic E-state index is 13.7. The van der Waals surface area contributed by atoms with Crippen LogP contribution in [0.5, 0.6) is 0 Å². The van der Waals surface area contributed by atoms with Crippen molar-refractivity contribution in [2.24, 2.45) is 0 Å². The highest BCUT2D eigenvalue weighted by atomic mass is 19.4. The molecular weight excluding hydrogens is 333 g/mol. The summed E-state index contributed by atoms with van der Waals surface area (Å²) < 4.78 is 70.0. The number of benzene rings is 2. The molecule has 8 heteroatoms. The molecule has 128 valence electrons. The number of hydrogen-bond donors (Lipinski definition) is 1. The zero-order valence-electron chi connectivity index (χ0n) is 12.4. The van der Waals surface area contributed by atoms with Gasteiger partial charge in [0.2, 0.25) is 0 Å². The van der Waals surface area contributed by atoms with Gasteiger partial charge in [-0.15, -0.1) is 0 Å². The SMILES string of the molecule is CCOC(=O)c1ccc(C(F)(F)F)cc1Nc1ccc(F)cc1F. The molecule has 2 aromatic rings. The normalized spacial score (nSPS) is 11.2. The molecule has 0 aliphatic heterocycles. The minimum atomic E-state index is -4.65. The second-order valence-corrected chi connectivity index (χ2v) is 4.73. The third-order valence-electron chi connectivity index (χ3n) is 3.04. The first-order valence-corrected chi connectivity index (χ1v) is 6.83. The highest BCUT2D eigenvalue weighted by molar-refractivity contribution is 5.96. The van der Waals surface area contributed by atoms with E-state index in [9.17, 15) is 26.7 Å². The molecule has 3 nitrogen and oxygen atoms in total. The number of esters is 1. The Balaban J connectivity index is 2.48. The summed E-state index contributed by atoms with van der Waals surface area (Å²) >= 11 is 0. The third kappa shape index (κ3) is 4.01. The van der Waals surface area contributed by atoms with Crippen molar-refractivity contribution >= 4 is 17.3 Å². The Bertz CT molecular complexity index is 759. The molecular formula is C16H12F5NO2. The van der Waals surface area contributed by atoms with Crippen molar-refractivity contribution in [3.8, 4) is 0 Å². The van der Waals surface area contributed by atoms with Crippen molar-refractivity contribution < 1.29 is 31.5 Å². The number of carbonyl (C=O) groups excluding carboxylic acids is 1. The lowest BCUT2D eigenvalue weighted by molar-refractivity contribution is -0.137. The van der Waals surface area contributed by atoms with E-state index in [1.54, 1.807) is 0 Å². The summed E-state index contributed by atoms with van der Waals surface area (Å²) in [6.07, 6.45) is -4.65. The van der Waals surface area contributed by atoms with E-state index < -0.39 is 29.3 Å². The van der Waals surface area contributed by atoms with Gasteiger partial charge >= 0.3 is 12.1 Å². The van der Waals surface area contributed by atoms with Crippen LogP contribution in [-0.2, 0) is 10.9 Å². The number of anilines is 2. The van der Waals surface area contributed by atoms with Crippen LogP contribution < -0.4 is 5.32 Å². The summed E-state index contributed by atoms with van der Waals surface area (Å²) in [5.41, 5.74) is -1.80. The van der Waals surface area contributed by atoms with Gasteiger partial charge in [-0.2, -0.15) is 13.2 Å². The number of nitrogens with one attached hydrogen (secondary N) is 1. The lowest BCUT2D eigenvalue weighted by atomic mass is 10.1. The van der Waals surface area contributed by atoms with Crippen LogP contribution in [0.4, 0.5) is 33.3 Å². The lowest BCUT2D eigenvalue weighted by Crippen LogP contribution is -2.11. The zero-order valence-corrected chi connectivity index (χ0v) is 12.4.